The van der Waals surface area contributed by atoms with Gasteiger partial charge in [0.1, 0.15) is 12.4 Å². The van der Waals surface area contributed by atoms with Gasteiger partial charge in [0.15, 0.2) is 0 Å². The summed E-state index contributed by atoms with van der Waals surface area (Å²) in [7, 11) is 1.58. The smallest absolute Gasteiger partial charge is 0.316 e. The maximum Gasteiger partial charge on any atom is 0.316 e. The van der Waals surface area contributed by atoms with Crippen LogP contribution in [0.15, 0.2) is 60.9 Å². The van der Waals surface area contributed by atoms with Crippen molar-refractivity contribution >= 4 is 16.7 Å². The zero-order valence-electron chi connectivity index (χ0n) is 14.7. The number of nitrogens with zero attached hydrogens (tertiary/aromatic N) is 1. The fourth-order valence-electron chi connectivity index (χ4n) is 2.68. The van der Waals surface area contributed by atoms with E-state index in [2.05, 4.69) is 11.1 Å². The zero-order valence-corrected chi connectivity index (χ0v) is 14.7. The van der Waals surface area contributed by atoms with Crippen LogP contribution in [-0.4, -0.2) is 18.1 Å². The number of pyridine rings is 1. The number of esters is 1. The van der Waals surface area contributed by atoms with Crippen molar-refractivity contribution in [2.45, 2.75) is 25.9 Å². The van der Waals surface area contributed by atoms with Crippen LogP contribution in [0, 0.1) is 0 Å². The molecular formula is C21H21NO3. The first-order chi connectivity index (χ1) is 12.0. The molecule has 0 aliphatic rings. The Kier molecular flexibility index (Phi) is 4.70. The Morgan fingerprint density at radius 3 is 2.56 bits per heavy atom. The lowest BCUT2D eigenvalue weighted by atomic mass is 9.83. The average molecular weight is 335 g/mol. The first-order valence-corrected chi connectivity index (χ1v) is 8.15. The fraction of sp³-hybridized carbons (Fsp3) is 0.238. The summed E-state index contributed by atoms with van der Waals surface area (Å²) in [5.74, 6) is 0.368. The van der Waals surface area contributed by atoms with E-state index in [9.17, 15) is 4.79 Å². The molecule has 0 saturated heterocycles. The maximum atomic E-state index is 12.7. The van der Waals surface area contributed by atoms with Crippen LogP contribution in [-0.2, 0) is 21.6 Å². The third-order valence-electron chi connectivity index (χ3n) is 4.36. The van der Waals surface area contributed by atoms with Crippen molar-refractivity contribution in [1.29, 1.82) is 0 Å². The summed E-state index contributed by atoms with van der Waals surface area (Å²) in [6.45, 7) is 3.92. The van der Waals surface area contributed by atoms with Crippen molar-refractivity contribution in [3.05, 3.63) is 72.1 Å². The summed E-state index contributed by atoms with van der Waals surface area (Å²) in [5.41, 5.74) is 0.984. The van der Waals surface area contributed by atoms with Gasteiger partial charge in [0, 0.05) is 11.8 Å². The molecule has 1 aromatic heterocycles. The highest BCUT2D eigenvalue weighted by molar-refractivity contribution is 5.87. The van der Waals surface area contributed by atoms with Crippen LogP contribution in [0.5, 0.6) is 5.75 Å². The third-order valence-corrected chi connectivity index (χ3v) is 4.36. The number of ether oxygens (including phenoxy) is 2. The molecule has 0 bridgehead atoms. The molecule has 0 unspecified atom stereocenters. The fourth-order valence-corrected chi connectivity index (χ4v) is 2.68. The maximum absolute atomic E-state index is 12.7. The summed E-state index contributed by atoms with van der Waals surface area (Å²) in [5, 5.41) is 2.26. The van der Waals surface area contributed by atoms with Gasteiger partial charge in [-0.05, 0) is 36.2 Å². The number of hydrogen-bond acceptors (Lipinski definition) is 4. The highest BCUT2D eigenvalue weighted by Crippen LogP contribution is 2.28. The lowest BCUT2D eigenvalue weighted by molar-refractivity contribution is -0.150. The molecule has 3 aromatic rings. The van der Waals surface area contributed by atoms with Gasteiger partial charge in [-0.1, -0.05) is 42.5 Å². The van der Waals surface area contributed by atoms with Gasteiger partial charge in [-0.25, -0.2) is 0 Å². The largest absolute Gasteiger partial charge is 0.495 e. The van der Waals surface area contributed by atoms with E-state index in [-0.39, 0.29) is 12.6 Å². The van der Waals surface area contributed by atoms with Crippen LogP contribution in [0.2, 0.25) is 0 Å². The van der Waals surface area contributed by atoms with E-state index < -0.39 is 5.41 Å². The normalized spacial score (nSPS) is 11.3. The van der Waals surface area contributed by atoms with E-state index in [4.69, 9.17) is 9.47 Å². The van der Waals surface area contributed by atoms with E-state index in [1.54, 1.807) is 19.5 Å². The topological polar surface area (TPSA) is 48.4 Å². The lowest BCUT2D eigenvalue weighted by Crippen LogP contribution is -2.31. The average Bonchev–Trinajstić information content (AvgIpc) is 2.65. The predicted molar refractivity (Wildman–Crippen MR) is 97.6 cm³/mol. The van der Waals surface area contributed by atoms with Gasteiger partial charge >= 0.3 is 5.97 Å². The molecule has 0 saturated carbocycles. The number of carbonyl (C=O) groups excluding carboxylic acids is 1. The van der Waals surface area contributed by atoms with Gasteiger partial charge < -0.3 is 9.47 Å². The molecule has 0 atom stereocenters. The lowest BCUT2D eigenvalue weighted by Gasteiger charge is -2.23. The standard InChI is InChI=1S/C21H21NO3/c1-21(2,18-9-8-16-6-4-5-7-17(16)11-18)20(23)25-14-15-10-19(24-3)13-22-12-15/h4-13H,14H2,1-3H3. The quantitative estimate of drug-likeness (QED) is 0.654. The molecule has 0 aliphatic heterocycles. The van der Waals surface area contributed by atoms with Crippen molar-refractivity contribution in [1.82, 2.24) is 4.98 Å². The molecule has 4 heteroatoms. The molecule has 0 fully saturated rings. The first kappa shape index (κ1) is 17.0. The van der Waals surface area contributed by atoms with E-state index in [0.29, 0.717) is 5.75 Å². The zero-order chi connectivity index (χ0) is 17.9. The van der Waals surface area contributed by atoms with Crippen molar-refractivity contribution in [3.63, 3.8) is 0 Å². The minimum Gasteiger partial charge on any atom is -0.495 e. The van der Waals surface area contributed by atoms with Crippen molar-refractivity contribution in [2.24, 2.45) is 0 Å². The van der Waals surface area contributed by atoms with Crippen LogP contribution in [0.25, 0.3) is 10.8 Å². The van der Waals surface area contributed by atoms with Gasteiger partial charge in [0.25, 0.3) is 0 Å². The van der Waals surface area contributed by atoms with Crippen molar-refractivity contribution in [3.8, 4) is 5.75 Å². The molecule has 4 nitrogen and oxygen atoms in total. The molecule has 25 heavy (non-hydrogen) atoms. The molecule has 3 rings (SSSR count). The number of carbonyl (C=O) groups is 1. The third kappa shape index (κ3) is 3.63. The summed E-state index contributed by atoms with van der Waals surface area (Å²) in [6.07, 6.45) is 3.28. The SMILES string of the molecule is COc1cncc(COC(=O)C(C)(C)c2ccc3ccccc3c2)c1. The number of methoxy groups -OCH3 is 1. The molecule has 128 valence electrons. The number of rotatable bonds is 5. The van der Waals surface area contributed by atoms with Crippen LogP contribution < -0.4 is 4.74 Å². The van der Waals surface area contributed by atoms with Crippen LogP contribution >= 0.6 is 0 Å². The molecule has 0 aliphatic carbocycles. The Balaban J connectivity index is 1.76. The number of benzene rings is 2. The van der Waals surface area contributed by atoms with Gasteiger partial charge in [0.05, 0.1) is 18.7 Å². The van der Waals surface area contributed by atoms with Crippen LogP contribution in [0.3, 0.4) is 0 Å². The molecular weight excluding hydrogens is 314 g/mol. The monoisotopic (exact) mass is 335 g/mol. The predicted octanol–water partition coefficient (Wildman–Crippen LogP) is 4.26. The second-order valence-electron chi connectivity index (χ2n) is 6.50. The molecule has 0 amide bonds. The van der Waals surface area contributed by atoms with E-state index >= 15 is 0 Å². The highest BCUT2D eigenvalue weighted by Gasteiger charge is 2.31. The van der Waals surface area contributed by atoms with Gasteiger partial charge in [-0.2, -0.15) is 0 Å². The van der Waals surface area contributed by atoms with E-state index in [0.717, 1.165) is 21.9 Å². The Bertz CT molecular complexity index is 902. The molecule has 0 radical (unpaired) electrons. The Labute approximate surface area is 147 Å². The highest BCUT2D eigenvalue weighted by atomic mass is 16.5. The summed E-state index contributed by atoms with van der Waals surface area (Å²) < 4.78 is 10.7. The molecule has 2 aromatic carbocycles. The van der Waals surface area contributed by atoms with Crippen molar-refractivity contribution < 1.29 is 14.3 Å². The Morgan fingerprint density at radius 1 is 1.04 bits per heavy atom. The molecule has 1 heterocycles. The second-order valence-corrected chi connectivity index (χ2v) is 6.50. The van der Waals surface area contributed by atoms with Gasteiger partial charge in [-0.3, -0.25) is 9.78 Å². The minimum atomic E-state index is -0.740. The first-order valence-electron chi connectivity index (χ1n) is 8.15. The number of aromatic nitrogens is 1. The van der Waals surface area contributed by atoms with E-state index in [1.165, 1.54) is 0 Å². The minimum absolute atomic E-state index is 0.167. The Morgan fingerprint density at radius 2 is 1.80 bits per heavy atom. The molecule has 0 spiro atoms. The van der Waals surface area contributed by atoms with Gasteiger partial charge in [-0.15, -0.1) is 0 Å². The van der Waals surface area contributed by atoms with Crippen molar-refractivity contribution in [2.75, 3.05) is 7.11 Å². The summed E-state index contributed by atoms with van der Waals surface area (Å²) in [6, 6.07) is 16.0. The number of fused-ring (bicyclic) bond motifs is 1. The number of hydrogen-bond donors (Lipinski definition) is 0. The Hall–Kier alpha value is -2.88. The summed E-state index contributed by atoms with van der Waals surface area (Å²) >= 11 is 0. The van der Waals surface area contributed by atoms with Crippen LogP contribution in [0.1, 0.15) is 25.0 Å². The van der Waals surface area contributed by atoms with Gasteiger partial charge in [0.2, 0.25) is 0 Å². The molecule has 0 N–H and O–H groups in total. The van der Waals surface area contributed by atoms with E-state index in [1.807, 2.05) is 56.3 Å². The van der Waals surface area contributed by atoms with Crippen LogP contribution in [0.4, 0.5) is 0 Å². The summed E-state index contributed by atoms with van der Waals surface area (Å²) in [4.78, 5) is 16.7. The second kappa shape index (κ2) is 6.93.